The number of hydrogen-bond donors (Lipinski definition) is 2. The van der Waals surface area contributed by atoms with Gasteiger partial charge in [-0.05, 0) is 43.2 Å². The summed E-state index contributed by atoms with van der Waals surface area (Å²) < 4.78 is 10.5. The Kier molecular flexibility index (Phi) is 6.29. The van der Waals surface area contributed by atoms with Crippen molar-refractivity contribution in [2.45, 2.75) is 19.8 Å². The molecule has 0 atom stereocenters. The van der Waals surface area contributed by atoms with Gasteiger partial charge in [-0.1, -0.05) is 18.2 Å². The van der Waals surface area contributed by atoms with Crippen LogP contribution in [-0.4, -0.2) is 25.5 Å². The van der Waals surface area contributed by atoms with Gasteiger partial charge in [0.25, 0.3) is 0 Å². The summed E-state index contributed by atoms with van der Waals surface area (Å²) in [4.78, 5) is 36.3. The number of aryl methyl sites for hydroxylation is 1. The number of methoxy groups -OCH3 is 1. The predicted molar refractivity (Wildman–Crippen MR) is 110 cm³/mol. The number of ether oxygens (including phenoxy) is 1. The highest BCUT2D eigenvalue weighted by molar-refractivity contribution is 5.94. The Morgan fingerprint density at radius 3 is 2.55 bits per heavy atom. The van der Waals surface area contributed by atoms with Crippen molar-refractivity contribution in [2.75, 3.05) is 19.0 Å². The van der Waals surface area contributed by atoms with E-state index < -0.39 is 5.63 Å². The number of benzene rings is 2. The highest BCUT2D eigenvalue weighted by Gasteiger charge is 2.14. The molecule has 150 valence electrons. The molecule has 29 heavy (non-hydrogen) atoms. The summed E-state index contributed by atoms with van der Waals surface area (Å²) in [5.41, 5.74) is 1.85. The minimum atomic E-state index is -0.474. The highest BCUT2D eigenvalue weighted by atomic mass is 16.5. The van der Waals surface area contributed by atoms with Gasteiger partial charge in [-0.25, -0.2) is 4.79 Å². The maximum absolute atomic E-state index is 12.3. The quantitative estimate of drug-likeness (QED) is 0.601. The molecule has 0 bridgehead atoms. The highest BCUT2D eigenvalue weighted by Crippen LogP contribution is 2.24. The molecule has 0 fully saturated rings. The summed E-state index contributed by atoms with van der Waals surface area (Å²) in [6.07, 6.45) is 0.300. The van der Waals surface area contributed by atoms with Gasteiger partial charge in [-0.3, -0.25) is 9.59 Å². The van der Waals surface area contributed by atoms with E-state index in [1.54, 1.807) is 31.4 Å². The fourth-order valence-electron chi connectivity index (χ4n) is 3.02. The first-order chi connectivity index (χ1) is 14.0. The molecule has 0 saturated heterocycles. The van der Waals surface area contributed by atoms with Crippen LogP contribution in [0.3, 0.4) is 0 Å². The van der Waals surface area contributed by atoms with Crippen LogP contribution in [0.25, 0.3) is 11.0 Å². The van der Waals surface area contributed by atoms with E-state index in [0.717, 1.165) is 10.9 Å². The lowest BCUT2D eigenvalue weighted by Gasteiger charge is -2.09. The van der Waals surface area contributed by atoms with Crippen molar-refractivity contribution < 1.29 is 18.7 Å². The summed E-state index contributed by atoms with van der Waals surface area (Å²) in [5, 5.41) is 6.05. The molecule has 0 aliphatic carbocycles. The van der Waals surface area contributed by atoms with Crippen molar-refractivity contribution in [2.24, 2.45) is 0 Å². The number of para-hydroxylation sites is 1. The van der Waals surface area contributed by atoms with Gasteiger partial charge in [0, 0.05) is 29.1 Å². The number of rotatable bonds is 7. The van der Waals surface area contributed by atoms with Gasteiger partial charge < -0.3 is 19.8 Å². The standard InChI is InChI=1S/C22H22N2O5/c1-14-17-9-8-16(28-2)12-19(17)29-22(27)18(14)10-11-20(25)23-13-21(26)24-15-6-4-3-5-7-15/h3-9,12H,10-11,13H2,1-2H3,(H,23,25)(H,24,26). The van der Waals surface area contributed by atoms with Gasteiger partial charge in [0.05, 0.1) is 13.7 Å². The molecular formula is C22H22N2O5. The zero-order chi connectivity index (χ0) is 20.8. The Morgan fingerprint density at radius 1 is 1.07 bits per heavy atom. The molecule has 0 spiro atoms. The molecule has 7 nitrogen and oxygen atoms in total. The number of fused-ring (bicyclic) bond motifs is 1. The number of carbonyl (C=O) groups excluding carboxylic acids is 2. The molecule has 2 aromatic carbocycles. The van der Waals surface area contributed by atoms with Crippen molar-refractivity contribution in [3.05, 3.63) is 70.1 Å². The number of nitrogens with one attached hydrogen (secondary N) is 2. The summed E-state index contributed by atoms with van der Waals surface area (Å²) in [6.45, 7) is 1.69. The maximum Gasteiger partial charge on any atom is 0.339 e. The molecular weight excluding hydrogens is 372 g/mol. The van der Waals surface area contributed by atoms with Crippen molar-refractivity contribution in [3.8, 4) is 5.75 Å². The molecule has 0 aliphatic heterocycles. The lowest BCUT2D eigenvalue weighted by atomic mass is 10.0. The lowest BCUT2D eigenvalue weighted by molar-refractivity contribution is -0.124. The third-order valence-electron chi connectivity index (χ3n) is 4.60. The van der Waals surface area contributed by atoms with E-state index in [-0.39, 0.29) is 31.2 Å². The van der Waals surface area contributed by atoms with Crippen LogP contribution in [0.4, 0.5) is 5.69 Å². The Hall–Kier alpha value is -3.61. The number of amides is 2. The van der Waals surface area contributed by atoms with E-state index in [4.69, 9.17) is 9.15 Å². The van der Waals surface area contributed by atoms with Gasteiger partial charge in [0.15, 0.2) is 0 Å². The number of hydrogen-bond acceptors (Lipinski definition) is 5. The monoisotopic (exact) mass is 394 g/mol. The van der Waals surface area contributed by atoms with Gasteiger partial charge in [0.1, 0.15) is 11.3 Å². The fourth-order valence-corrected chi connectivity index (χ4v) is 3.02. The topological polar surface area (TPSA) is 97.6 Å². The molecule has 7 heteroatoms. The third-order valence-corrected chi connectivity index (χ3v) is 4.60. The summed E-state index contributed by atoms with van der Waals surface area (Å²) in [6, 6.07) is 14.3. The Labute approximate surface area is 167 Å². The molecule has 3 aromatic rings. The Balaban J connectivity index is 1.59. The minimum absolute atomic E-state index is 0.0753. The second-order valence-corrected chi connectivity index (χ2v) is 6.55. The van der Waals surface area contributed by atoms with Crippen LogP contribution in [0.15, 0.2) is 57.7 Å². The van der Waals surface area contributed by atoms with Crippen LogP contribution in [0.5, 0.6) is 5.75 Å². The zero-order valence-electron chi connectivity index (χ0n) is 16.3. The third kappa shape index (κ3) is 5.01. The molecule has 0 aliphatic rings. The van der Waals surface area contributed by atoms with E-state index in [1.165, 1.54) is 0 Å². The van der Waals surface area contributed by atoms with E-state index in [0.29, 0.717) is 22.6 Å². The van der Waals surface area contributed by atoms with E-state index in [2.05, 4.69) is 10.6 Å². The molecule has 1 heterocycles. The van der Waals surface area contributed by atoms with Crippen molar-refractivity contribution in [1.82, 2.24) is 5.32 Å². The second kappa shape index (κ2) is 9.05. The molecule has 0 unspecified atom stereocenters. The maximum atomic E-state index is 12.3. The first-order valence-electron chi connectivity index (χ1n) is 9.20. The summed E-state index contributed by atoms with van der Waals surface area (Å²) >= 11 is 0. The van der Waals surface area contributed by atoms with Crippen LogP contribution < -0.4 is 21.0 Å². The molecule has 0 radical (unpaired) electrons. The van der Waals surface area contributed by atoms with Crippen LogP contribution in [0.2, 0.25) is 0 Å². The van der Waals surface area contributed by atoms with Gasteiger partial charge >= 0.3 is 5.63 Å². The van der Waals surface area contributed by atoms with Gasteiger partial charge in [0.2, 0.25) is 11.8 Å². The minimum Gasteiger partial charge on any atom is -0.497 e. The summed E-state index contributed by atoms with van der Waals surface area (Å²) in [5.74, 6) is -0.0392. The van der Waals surface area contributed by atoms with Crippen LogP contribution in [-0.2, 0) is 16.0 Å². The largest absolute Gasteiger partial charge is 0.497 e. The Bertz CT molecular complexity index is 1090. The summed E-state index contributed by atoms with van der Waals surface area (Å²) in [7, 11) is 1.54. The lowest BCUT2D eigenvalue weighted by Crippen LogP contribution is -2.33. The van der Waals surface area contributed by atoms with E-state index in [9.17, 15) is 14.4 Å². The van der Waals surface area contributed by atoms with Crippen molar-refractivity contribution in [3.63, 3.8) is 0 Å². The van der Waals surface area contributed by atoms with Crippen LogP contribution in [0.1, 0.15) is 17.5 Å². The zero-order valence-corrected chi connectivity index (χ0v) is 16.3. The first kappa shape index (κ1) is 20.1. The average Bonchev–Trinajstić information content (AvgIpc) is 2.72. The van der Waals surface area contributed by atoms with Crippen molar-refractivity contribution in [1.29, 1.82) is 0 Å². The molecule has 1 aromatic heterocycles. The Morgan fingerprint density at radius 2 is 1.83 bits per heavy atom. The number of anilines is 1. The second-order valence-electron chi connectivity index (χ2n) is 6.55. The molecule has 3 rings (SSSR count). The molecule has 0 saturated carbocycles. The molecule has 2 N–H and O–H groups in total. The molecule has 2 amide bonds. The first-order valence-corrected chi connectivity index (χ1v) is 9.20. The number of carbonyl (C=O) groups is 2. The smallest absolute Gasteiger partial charge is 0.339 e. The average molecular weight is 394 g/mol. The van der Waals surface area contributed by atoms with E-state index in [1.807, 2.05) is 31.2 Å². The van der Waals surface area contributed by atoms with E-state index >= 15 is 0 Å². The van der Waals surface area contributed by atoms with Gasteiger partial charge in [-0.15, -0.1) is 0 Å². The predicted octanol–water partition coefficient (Wildman–Crippen LogP) is 2.80. The SMILES string of the molecule is COc1ccc2c(C)c(CCC(=O)NCC(=O)Nc3ccccc3)c(=O)oc2c1. The van der Waals surface area contributed by atoms with Crippen LogP contribution in [0, 0.1) is 6.92 Å². The van der Waals surface area contributed by atoms with Crippen LogP contribution >= 0.6 is 0 Å². The fraction of sp³-hybridized carbons (Fsp3) is 0.227. The van der Waals surface area contributed by atoms with Crippen molar-refractivity contribution >= 4 is 28.5 Å². The normalized spacial score (nSPS) is 10.6. The van der Waals surface area contributed by atoms with Gasteiger partial charge in [-0.2, -0.15) is 0 Å².